The van der Waals surface area contributed by atoms with E-state index in [0.29, 0.717) is 5.56 Å². The molecule has 0 bridgehead atoms. The predicted octanol–water partition coefficient (Wildman–Crippen LogP) is 5.73. The van der Waals surface area contributed by atoms with Gasteiger partial charge in [0.05, 0.1) is 22.8 Å². The standard InChI is InChI=1S/C25H18N4/c1-16-3-8-19(9-4-16)24-22-14-20-13-18(15-26)7-12-23(20)27-25(22)29(28-24)21-10-5-17(2)6-11-21/h3-14H,1-2H3. The minimum absolute atomic E-state index is 0.626. The molecule has 3 aromatic carbocycles. The minimum Gasteiger partial charge on any atom is -0.228 e. The summed E-state index contributed by atoms with van der Waals surface area (Å²) in [4.78, 5) is 4.91. The predicted molar refractivity (Wildman–Crippen MR) is 116 cm³/mol. The average Bonchev–Trinajstić information content (AvgIpc) is 3.11. The second-order valence-corrected chi connectivity index (χ2v) is 7.34. The van der Waals surface area contributed by atoms with Crippen LogP contribution in [0.5, 0.6) is 0 Å². The molecule has 0 saturated heterocycles. The second-order valence-electron chi connectivity index (χ2n) is 7.34. The molecule has 4 heteroatoms. The van der Waals surface area contributed by atoms with Crippen LogP contribution in [0.3, 0.4) is 0 Å². The molecule has 0 aliphatic heterocycles. The van der Waals surface area contributed by atoms with E-state index >= 15 is 0 Å². The first-order chi connectivity index (χ1) is 14.1. The van der Waals surface area contributed by atoms with Crippen LogP contribution in [-0.2, 0) is 0 Å². The van der Waals surface area contributed by atoms with Crippen LogP contribution in [0.15, 0.2) is 72.8 Å². The van der Waals surface area contributed by atoms with E-state index in [1.807, 2.05) is 16.8 Å². The van der Waals surface area contributed by atoms with Crippen molar-refractivity contribution in [3.8, 4) is 23.0 Å². The lowest BCUT2D eigenvalue weighted by molar-refractivity contribution is 0.902. The summed E-state index contributed by atoms with van der Waals surface area (Å²) in [6.07, 6.45) is 0. The summed E-state index contributed by atoms with van der Waals surface area (Å²) in [6.45, 7) is 4.15. The SMILES string of the molecule is Cc1ccc(-c2nn(-c3ccc(C)cc3)c3nc4ccc(C#N)cc4cc23)cc1. The summed E-state index contributed by atoms with van der Waals surface area (Å²) in [6, 6.07) is 26.5. The number of aromatic nitrogens is 3. The van der Waals surface area contributed by atoms with Gasteiger partial charge in [-0.05, 0) is 50.2 Å². The van der Waals surface area contributed by atoms with Gasteiger partial charge in [-0.3, -0.25) is 0 Å². The Morgan fingerprint density at radius 1 is 0.828 bits per heavy atom. The zero-order chi connectivity index (χ0) is 20.0. The molecule has 138 valence electrons. The molecule has 0 aliphatic carbocycles. The maximum absolute atomic E-state index is 9.26. The number of pyridine rings is 1. The highest BCUT2D eigenvalue weighted by molar-refractivity contribution is 5.99. The van der Waals surface area contributed by atoms with Crippen molar-refractivity contribution in [1.29, 1.82) is 5.26 Å². The Morgan fingerprint density at radius 2 is 1.52 bits per heavy atom. The molecule has 0 spiro atoms. The molecule has 4 nitrogen and oxygen atoms in total. The molecule has 0 unspecified atom stereocenters. The third-order valence-electron chi connectivity index (χ3n) is 5.18. The van der Waals surface area contributed by atoms with E-state index in [9.17, 15) is 5.26 Å². The number of nitrogens with zero attached hydrogens (tertiary/aromatic N) is 4. The molecule has 0 atom stereocenters. The first-order valence-corrected chi connectivity index (χ1v) is 9.50. The monoisotopic (exact) mass is 374 g/mol. The number of nitriles is 1. The molecule has 2 aromatic heterocycles. The first-order valence-electron chi connectivity index (χ1n) is 9.50. The van der Waals surface area contributed by atoms with Crippen LogP contribution in [0, 0.1) is 25.2 Å². The maximum Gasteiger partial charge on any atom is 0.164 e. The van der Waals surface area contributed by atoms with E-state index in [2.05, 4.69) is 74.5 Å². The van der Waals surface area contributed by atoms with Gasteiger partial charge >= 0.3 is 0 Å². The van der Waals surface area contributed by atoms with E-state index < -0.39 is 0 Å². The van der Waals surface area contributed by atoms with Crippen LogP contribution >= 0.6 is 0 Å². The second kappa shape index (κ2) is 6.57. The first kappa shape index (κ1) is 17.2. The topological polar surface area (TPSA) is 54.5 Å². The lowest BCUT2D eigenvalue weighted by Crippen LogP contribution is -1.98. The van der Waals surface area contributed by atoms with Gasteiger partial charge in [0, 0.05) is 16.3 Å². The van der Waals surface area contributed by atoms with Gasteiger partial charge in [0.1, 0.15) is 5.69 Å². The number of benzene rings is 3. The van der Waals surface area contributed by atoms with Gasteiger partial charge in [-0.2, -0.15) is 10.4 Å². The summed E-state index contributed by atoms with van der Waals surface area (Å²) in [5.74, 6) is 0. The number of hydrogen-bond donors (Lipinski definition) is 0. The molecule has 0 N–H and O–H groups in total. The average molecular weight is 374 g/mol. The molecule has 2 heterocycles. The van der Waals surface area contributed by atoms with Crippen LogP contribution in [0.1, 0.15) is 16.7 Å². The normalized spacial score (nSPS) is 11.1. The molecule has 5 rings (SSSR count). The van der Waals surface area contributed by atoms with Crippen molar-refractivity contribution >= 4 is 21.9 Å². The Hall–Kier alpha value is -3.97. The van der Waals surface area contributed by atoms with Crippen LogP contribution in [-0.4, -0.2) is 14.8 Å². The fourth-order valence-electron chi connectivity index (χ4n) is 3.56. The lowest BCUT2D eigenvalue weighted by atomic mass is 10.1. The quantitative estimate of drug-likeness (QED) is 0.396. The molecular formula is C25H18N4. The van der Waals surface area contributed by atoms with Crippen molar-refractivity contribution in [1.82, 2.24) is 14.8 Å². The van der Waals surface area contributed by atoms with Gasteiger partial charge in [-0.15, -0.1) is 0 Å². The summed E-state index contributed by atoms with van der Waals surface area (Å²) >= 11 is 0. The van der Waals surface area contributed by atoms with E-state index in [1.165, 1.54) is 11.1 Å². The molecule has 0 aliphatic rings. The highest BCUT2D eigenvalue weighted by Crippen LogP contribution is 2.31. The van der Waals surface area contributed by atoms with Gasteiger partial charge in [-0.25, -0.2) is 9.67 Å². The highest BCUT2D eigenvalue weighted by atomic mass is 15.3. The zero-order valence-electron chi connectivity index (χ0n) is 16.2. The van der Waals surface area contributed by atoms with Crippen LogP contribution in [0.4, 0.5) is 0 Å². The number of fused-ring (bicyclic) bond motifs is 2. The van der Waals surface area contributed by atoms with E-state index in [-0.39, 0.29) is 0 Å². The molecule has 0 amide bonds. The van der Waals surface area contributed by atoms with Crippen molar-refractivity contribution in [2.75, 3.05) is 0 Å². The third-order valence-corrected chi connectivity index (χ3v) is 5.18. The van der Waals surface area contributed by atoms with Gasteiger partial charge in [0.25, 0.3) is 0 Å². The van der Waals surface area contributed by atoms with Crippen molar-refractivity contribution in [2.45, 2.75) is 13.8 Å². The Kier molecular flexibility index (Phi) is 3.89. The van der Waals surface area contributed by atoms with Crippen molar-refractivity contribution in [3.63, 3.8) is 0 Å². The van der Waals surface area contributed by atoms with Crippen molar-refractivity contribution in [3.05, 3.63) is 89.5 Å². The summed E-state index contributed by atoms with van der Waals surface area (Å²) < 4.78 is 1.90. The Labute approximate surface area is 168 Å². The maximum atomic E-state index is 9.26. The fraction of sp³-hybridized carbons (Fsp3) is 0.0800. The van der Waals surface area contributed by atoms with Crippen LogP contribution in [0.25, 0.3) is 38.9 Å². The molecular weight excluding hydrogens is 356 g/mol. The Balaban J connectivity index is 1.84. The van der Waals surface area contributed by atoms with Crippen molar-refractivity contribution in [2.24, 2.45) is 0 Å². The lowest BCUT2D eigenvalue weighted by Gasteiger charge is -2.04. The third kappa shape index (κ3) is 2.94. The van der Waals surface area contributed by atoms with Crippen molar-refractivity contribution < 1.29 is 0 Å². The van der Waals surface area contributed by atoms with Gasteiger partial charge < -0.3 is 0 Å². The number of rotatable bonds is 2. The highest BCUT2D eigenvalue weighted by Gasteiger charge is 2.16. The Bertz CT molecular complexity index is 1400. The summed E-state index contributed by atoms with van der Waals surface area (Å²) in [5, 5.41) is 16.1. The van der Waals surface area contributed by atoms with Gasteiger partial charge in [-0.1, -0.05) is 47.5 Å². The molecule has 29 heavy (non-hydrogen) atoms. The van der Waals surface area contributed by atoms with Crippen LogP contribution < -0.4 is 0 Å². The zero-order valence-corrected chi connectivity index (χ0v) is 16.2. The molecule has 0 saturated carbocycles. The molecule has 0 radical (unpaired) electrons. The molecule has 5 aromatic rings. The largest absolute Gasteiger partial charge is 0.228 e. The van der Waals surface area contributed by atoms with Gasteiger partial charge in [0.15, 0.2) is 5.65 Å². The van der Waals surface area contributed by atoms with E-state index in [1.54, 1.807) is 6.07 Å². The van der Waals surface area contributed by atoms with Crippen LogP contribution in [0.2, 0.25) is 0 Å². The Morgan fingerprint density at radius 3 is 2.21 bits per heavy atom. The number of aryl methyl sites for hydroxylation is 2. The minimum atomic E-state index is 0.626. The number of hydrogen-bond acceptors (Lipinski definition) is 3. The van der Waals surface area contributed by atoms with Gasteiger partial charge in [0.2, 0.25) is 0 Å². The summed E-state index contributed by atoms with van der Waals surface area (Å²) in [5.41, 5.74) is 7.59. The van der Waals surface area contributed by atoms with E-state index in [4.69, 9.17) is 10.1 Å². The molecule has 0 fully saturated rings. The van der Waals surface area contributed by atoms with E-state index in [0.717, 1.165) is 38.9 Å². The fourth-order valence-corrected chi connectivity index (χ4v) is 3.56. The summed E-state index contributed by atoms with van der Waals surface area (Å²) in [7, 11) is 0. The smallest absolute Gasteiger partial charge is 0.164 e.